The maximum atomic E-state index is 10.9. The third-order valence-electron chi connectivity index (χ3n) is 2.06. The van der Waals surface area contributed by atoms with Crippen LogP contribution in [0.3, 0.4) is 0 Å². The number of carbonyl (C=O) groups is 1. The van der Waals surface area contributed by atoms with Gasteiger partial charge in [-0.05, 0) is 25.0 Å². The van der Waals surface area contributed by atoms with E-state index in [0.29, 0.717) is 12.4 Å². The molecule has 0 saturated carbocycles. The van der Waals surface area contributed by atoms with E-state index in [4.69, 9.17) is 9.84 Å². The zero-order chi connectivity index (χ0) is 11.8. The molecule has 0 bridgehead atoms. The summed E-state index contributed by atoms with van der Waals surface area (Å²) < 4.78 is 5.41. The van der Waals surface area contributed by atoms with Crippen LogP contribution < -0.4 is 4.74 Å². The van der Waals surface area contributed by atoms with Gasteiger partial charge in [0.25, 0.3) is 0 Å². The molecule has 1 aromatic rings. The number of hydrogen-bond donors (Lipinski definition) is 1. The van der Waals surface area contributed by atoms with Crippen LogP contribution in [0.5, 0.6) is 5.75 Å². The highest BCUT2D eigenvalue weighted by Crippen LogP contribution is 2.17. The van der Waals surface area contributed by atoms with Gasteiger partial charge in [0.1, 0.15) is 11.3 Å². The summed E-state index contributed by atoms with van der Waals surface area (Å²) in [6.45, 7) is 2.57. The van der Waals surface area contributed by atoms with Gasteiger partial charge in [-0.1, -0.05) is 31.2 Å². The van der Waals surface area contributed by atoms with Gasteiger partial charge in [-0.15, -0.1) is 0 Å². The van der Waals surface area contributed by atoms with Gasteiger partial charge < -0.3 is 9.84 Å². The van der Waals surface area contributed by atoms with E-state index in [1.54, 1.807) is 24.3 Å². The first-order valence-electron chi connectivity index (χ1n) is 5.35. The Bertz CT molecular complexity index is 369. The number of carboxylic acid groups (broad SMARTS) is 1. The Morgan fingerprint density at radius 2 is 2.12 bits per heavy atom. The molecule has 0 amide bonds. The van der Waals surface area contributed by atoms with Crippen LogP contribution in [0.2, 0.25) is 0 Å². The van der Waals surface area contributed by atoms with Crippen molar-refractivity contribution in [3.8, 4) is 5.75 Å². The van der Waals surface area contributed by atoms with Crippen molar-refractivity contribution in [2.45, 2.75) is 19.8 Å². The Balaban J connectivity index is 2.53. The van der Waals surface area contributed by atoms with Crippen LogP contribution >= 0.6 is 0 Å². The van der Waals surface area contributed by atoms with E-state index in [9.17, 15) is 4.79 Å². The van der Waals surface area contributed by atoms with Crippen molar-refractivity contribution in [1.82, 2.24) is 0 Å². The minimum Gasteiger partial charge on any atom is -0.492 e. The van der Waals surface area contributed by atoms with Crippen molar-refractivity contribution in [3.63, 3.8) is 0 Å². The summed E-state index contributed by atoms with van der Waals surface area (Å²) in [4.78, 5) is 10.9. The van der Waals surface area contributed by atoms with E-state index in [-0.39, 0.29) is 5.56 Å². The summed E-state index contributed by atoms with van der Waals surface area (Å²) >= 11 is 0. The third-order valence-corrected chi connectivity index (χ3v) is 2.06. The summed E-state index contributed by atoms with van der Waals surface area (Å²) in [6.07, 6.45) is 5.89. The number of hydrogen-bond acceptors (Lipinski definition) is 2. The van der Waals surface area contributed by atoms with Crippen LogP contribution in [0, 0.1) is 0 Å². The lowest BCUT2D eigenvalue weighted by molar-refractivity contribution is 0.0692. The molecule has 0 spiro atoms. The predicted octanol–water partition coefficient (Wildman–Crippen LogP) is 3.12. The number of benzene rings is 1. The number of ether oxygens (including phenoxy) is 1. The summed E-state index contributed by atoms with van der Waals surface area (Å²) in [7, 11) is 0. The minimum absolute atomic E-state index is 0.210. The Morgan fingerprint density at radius 3 is 2.81 bits per heavy atom. The molecular formula is C13H16O3. The van der Waals surface area contributed by atoms with Gasteiger partial charge in [0, 0.05) is 0 Å². The van der Waals surface area contributed by atoms with Gasteiger partial charge in [-0.2, -0.15) is 0 Å². The van der Waals surface area contributed by atoms with Crippen molar-refractivity contribution >= 4 is 5.97 Å². The zero-order valence-electron chi connectivity index (χ0n) is 9.35. The SMILES string of the molecule is CC/C=C\CCOc1ccccc1C(=O)O. The average molecular weight is 220 g/mol. The molecule has 0 radical (unpaired) electrons. The smallest absolute Gasteiger partial charge is 0.339 e. The van der Waals surface area contributed by atoms with Crippen molar-refractivity contribution in [2.75, 3.05) is 6.61 Å². The maximum absolute atomic E-state index is 10.9. The van der Waals surface area contributed by atoms with E-state index in [0.717, 1.165) is 12.8 Å². The molecule has 86 valence electrons. The lowest BCUT2D eigenvalue weighted by Gasteiger charge is -2.07. The fraction of sp³-hybridized carbons (Fsp3) is 0.308. The highest BCUT2D eigenvalue weighted by Gasteiger charge is 2.09. The second-order valence-corrected chi connectivity index (χ2v) is 3.32. The van der Waals surface area contributed by atoms with E-state index in [1.165, 1.54) is 0 Å². The Labute approximate surface area is 95.4 Å². The second kappa shape index (κ2) is 6.67. The minimum atomic E-state index is -0.959. The molecule has 0 fully saturated rings. The summed E-state index contributed by atoms with van der Waals surface area (Å²) in [6, 6.07) is 6.67. The Hall–Kier alpha value is -1.77. The molecule has 0 atom stereocenters. The fourth-order valence-corrected chi connectivity index (χ4v) is 1.29. The first-order valence-corrected chi connectivity index (χ1v) is 5.35. The molecule has 0 aliphatic carbocycles. The van der Waals surface area contributed by atoms with Gasteiger partial charge in [-0.3, -0.25) is 0 Å². The number of para-hydroxylation sites is 1. The molecule has 0 heterocycles. The highest BCUT2D eigenvalue weighted by molar-refractivity contribution is 5.90. The number of rotatable bonds is 6. The summed E-state index contributed by atoms with van der Waals surface area (Å²) in [5, 5.41) is 8.91. The number of carboxylic acids is 1. The Morgan fingerprint density at radius 1 is 1.38 bits per heavy atom. The topological polar surface area (TPSA) is 46.5 Å². The van der Waals surface area contributed by atoms with Crippen molar-refractivity contribution in [2.24, 2.45) is 0 Å². The zero-order valence-corrected chi connectivity index (χ0v) is 9.35. The summed E-state index contributed by atoms with van der Waals surface area (Å²) in [5.74, 6) is -0.528. The molecule has 0 aromatic heterocycles. The van der Waals surface area contributed by atoms with Crippen molar-refractivity contribution in [1.29, 1.82) is 0 Å². The van der Waals surface area contributed by atoms with Crippen molar-refractivity contribution < 1.29 is 14.6 Å². The summed E-state index contributed by atoms with van der Waals surface area (Å²) in [5.41, 5.74) is 0.210. The van der Waals surface area contributed by atoms with Gasteiger partial charge >= 0.3 is 5.97 Å². The lowest BCUT2D eigenvalue weighted by Crippen LogP contribution is -2.03. The molecule has 0 unspecified atom stereocenters. The van der Waals surface area contributed by atoms with Crippen LogP contribution in [0.15, 0.2) is 36.4 Å². The van der Waals surface area contributed by atoms with E-state index in [1.807, 2.05) is 6.08 Å². The second-order valence-electron chi connectivity index (χ2n) is 3.32. The maximum Gasteiger partial charge on any atom is 0.339 e. The van der Waals surface area contributed by atoms with Crippen molar-refractivity contribution in [3.05, 3.63) is 42.0 Å². The monoisotopic (exact) mass is 220 g/mol. The molecule has 1 rings (SSSR count). The molecule has 1 aromatic carbocycles. The van der Waals surface area contributed by atoms with Crippen LogP contribution in [-0.2, 0) is 0 Å². The van der Waals surface area contributed by atoms with Crippen LogP contribution in [0.25, 0.3) is 0 Å². The number of aromatic carboxylic acids is 1. The quantitative estimate of drug-likeness (QED) is 0.591. The van der Waals surface area contributed by atoms with E-state index < -0.39 is 5.97 Å². The molecule has 0 saturated heterocycles. The fourth-order valence-electron chi connectivity index (χ4n) is 1.29. The van der Waals surface area contributed by atoms with Gasteiger partial charge in [0.15, 0.2) is 0 Å². The van der Waals surface area contributed by atoms with Crippen LogP contribution in [0.1, 0.15) is 30.1 Å². The number of allylic oxidation sites excluding steroid dienone is 1. The molecule has 0 aliphatic heterocycles. The van der Waals surface area contributed by atoms with E-state index in [2.05, 4.69) is 13.0 Å². The first-order chi connectivity index (χ1) is 7.75. The average Bonchev–Trinajstić information content (AvgIpc) is 2.29. The lowest BCUT2D eigenvalue weighted by atomic mass is 10.2. The molecule has 3 heteroatoms. The van der Waals surface area contributed by atoms with E-state index >= 15 is 0 Å². The molecule has 1 N–H and O–H groups in total. The van der Waals surface area contributed by atoms with Gasteiger partial charge in [-0.25, -0.2) is 4.79 Å². The largest absolute Gasteiger partial charge is 0.492 e. The molecule has 3 nitrogen and oxygen atoms in total. The Kier molecular flexibility index (Phi) is 5.12. The molecule has 0 aliphatic rings. The molecular weight excluding hydrogens is 204 g/mol. The van der Waals surface area contributed by atoms with Gasteiger partial charge in [0.2, 0.25) is 0 Å². The van der Waals surface area contributed by atoms with Gasteiger partial charge in [0.05, 0.1) is 6.61 Å². The first kappa shape index (κ1) is 12.3. The standard InChI is InChI=1S/C13H16O3/c1-2-3-4-7-10-16-12-9-6-5-8-11(12)13(14)15/h3-6,8-9H,2,7,10H2,1H3,(H,14,15)/b4-3-. The highest BCUT2D eigenvalue weighted by atomic mass is 16.5. The normalized spacial score (nSPS) is 10.6. The molecule has 16 heavy (non-hydrogen) atoms. The van der Waals surface area contributed by atoms with Crippen LogP contribution in [0.4, 0.5) is 0 Å². The predicted molar refractivity (Wildman–Crippen MR) is 62.9 cm³/mol. The third kappa shape index (κ3) is 3.77. The van der Waals surface area contributed by atoms with Crippen LogP contribution in [-0.4, -0.2) is 17.7 Å².